The van der Waals surface area contributed by atoms with Crippen LogP contribution >= 0.6 is 0 Å². The Kier molecular flexibility index (Phi) is 5.59. The zero-order chi connectivity index (χ0) is 16.4. The van der Waals surface area contributed by atoms with Crippen LogP contribution in [0.3, 0.4) is 0 Å². The monoisotopic (exact) mass is 311 g/mol. The maximum absolute atomic E-state index is 10.0. The van der Waals surface area contributed by atoms with E-state index in [0.29, 0.717) is 6.04 Å². The third-order valence-electron chi connectivity index (χ3n) is 5.16. The summed E-state index contributed by atoms with van der Waals surface area (Å²) in [5.74, 6) is 0.772. The van der Waals surface area contributed by atoms with Crippen molar-refractivity contribution in [2.75, 3.05) is 13.1 Å². The first-order chi connectivity index (χ1) is 10.2. The van der Waals surface area contributed by atoms with Crippen molar-refractivity contribution in [2.24, 2.45) is 0 Å². The van der Waals surface area contributed by atoms with Gasteiger partial charge < -0.3 is 19.4 Å². The highest BCUT2D eigenvalue weighted by atomic mass is 16.7. The molecule has 0 radical (unpaired) electrons. The van der Waals surface area contributed by atoms with Crippen LogP contribution in [0.2, 0.25) is 0 Å². The van der Waals surface area contributed by atoms with Gasteiger partial charge >= 0.3 is 7.32 Å². The maximum Gasteiger partial charge on any atom is 0.710 e. The molecule has 0 bridgehead atoms. The van der Waals surface area contributed by atoms with Crippen LogP contribution in [0.1, 0.15) is 59.8 Å². The fourth-order valence-electron chi connectivity index (χ4n) is 2.92. The van der Waals surface area contributed by atoms with E-state index in [-0.39, 0.29) is 0 Å². The highest BCUT2D eigenvalue weighted by molar-refractivity contribution is 6.35. The lowest BCUT2D eigenvalue weighted by Gasteiger charge is -2.38. The van der Waals surface area contributed by atoms with E-state index in [0.717, 1.165) is 25.3 Å². The molecule has 0 aromatic rings. The Morgan fingerprint density at radius 2 is 1.86 bits per heavy atom. The first kappa shape index (κ1) is 17.8. The molecule has 22 heavy (non-hydrogen) atoms. The lowest BCUT2D eigenvalue weighted by atomic mass is 9.88. The molecule has 0 unspecified atom stereocenters. The van der Waals surface area contributed by atoms with Gasteiger partial charge in [-0.3, -0.25) is 4.90 Å². The molecule has 2 rings (SSSR count). The predicted molar refractivity (Wildman–Crippen MR) is 87.0 cm³/mol. The van der Waals surface area contributed by atoms with Crippen LogP contribution in [0.15, 0.2) is 11.8 Å². The number of aliphatic hydroxyl groups is 1. The standard InChI is InChI=1S/C16H30BNO4/c1-15(2,19)16(3,4)22-17(20)21-14-9-11-18(12-10-14)13-7-5-6-8-13/h9,13,19-20H,5-8,10-12H2,1-4H3. The fraction of sp³-hybridized carbons (Fsp3) is 0.875. The SMILES string of the molecule is CC(C)(O)C(C)(C)OB(O)OC1=CCN(C2CCCC2)CC1. The summed E-state index contributed by atoms with van der Waals surface area (Å²) in [6.07, 6.45) is 8.11. The second-order valence-corrected chi connectivity index (χ2v) is 7.47. The topological polar surface area (TPSA) is 62.2 Å². The Morgan fingerprint density at radius 1 is 1.23 bits per heavy atom. The van der Waals surface area contributed by atoms with E-state index in [9.17, 15) is 10.1 Å². The summed E-state index contributed by atoms with van der Waals surface area (Å²) in [6.45, 7) is 8.62. The summed E-state index contributed by atoms with van der Waals surface area (Å²) in [5.41, 5.74) is -1.98. The van der Waals surface area contributed by atoms with Gasteiger partial charge in [-0.15, -0.1) is 0 Å². The van der Waals surface area contributed by atoms with Crippen molar-refractivity contribution in [3.63, 3.8) is 0 Å². The fourth-order valence-corrected chi connectivity index (χ4v) is 2.92. The van der Waals surface area contributed by atoms with Crippen LogP contribution in [0, 0.1) is 0 Å². The van der Waals surface area contributed by atoms with Crippen LogP contribution in [0.4, 0.5) is 0 Å². The van der Waals surface area contributed by atoms with Crippen molar-refractivity contribution in [1.29, 1.82) is 0 Å². The van der Waals surface area contributed by atoms with Crippen LogP contribution in [0.5, 0.6) is 0 Å². The lowest BCUT2D eigenvalue weighted by molar-refractivity contribution is -0.110. The van der Waals surface area contributed by atoms with E-state index in [1.165, 1.54) is 25.7 Å². The minimum Gasteiger partial charge on any atom is -0.516 e. The van der Waals surface area contributed by atoms with Crippen LogP contribution in [0.25, 0.3) is 0 Å². The summed E-state index contributed by atoms with van der Waals surface area (Å²) in [4.78, 5) is 2.49. The van der Waals surface area contributed by atoms with E-state index in [4.69, 9.17) is 9.31 Å². The van der Waals surface area contributed by atoms with Gasteiger partial charge in [0.2, 0.25) is 0 Å². The maximum atomic E-state index is 10.0. The second-order valence-electron chi connectivity index (χ2n) is 7.47. The van der Waals surface area contributed by atoms with Crippen LogP contribution < -0.4 is 0 Å². The largest absolute Gasteiger partial charge is 0.710 e. The predicted octanol–water partition coefficient (Wildman–Crippen LogP) is 2.08. The zero-order valence-electron chi connectivity index (χ0n) is 14.3. The normalized spacial score (nSPS) is 21.8. The van der Waals surface area contributed by atoms with Crippen molar-refractivity contribution < 1.29 is 19.4 Å². The Bertz CT molecular complexity index is 399. The molecule has 1 aliphatic carbocycles. The molecule has 6 heteroatoms. The van der Waals surface area contributed by atoms with Crippen molar-refractivity contribution in [3.05, 3.63) is 11.8 Å². The smallest absolute Gasteiger partial charge is 0.516 e. The Balaban J connectivity index is 1.81. The van der Waals surface area contributed by atoms with E-state index in [1.807, 2.05) is 6.08 Å². The Labute approximate surface area is 134 Å². The molecule has 0 atom stereocenters. The molecule has 1 heterocycles. The van der Waals surface area contributed by atoms with Gasteiger partial charge in [-0.2, -0.15) is 0 Å². The summed E-state index contributed by atoms with van der Waals surface area (Å²) >= 11 is 0. The lowest BCUT2D eigenvalue weighted by Crippen LogP contribution is -2.51. The minimum atomic E-state index is -1.36. The second kappa shape index (κ2) is 6.91. The minimum absolute atomic E-state index is 0.716. The molecule has 0 aromatic carbocycles. The van der Waals surface area contributed by atoms with Gasteiger partial charge in [0.15, 0.2) is 0 Å². The quantitative estimate of drug-likeness (QED) is 0.735. The Hall–Kier alpha value is -0.555. The van der Waals surface area contributed by atoms with Gasteiger partial charge in [-0.1, -0.05) is 12.8 Å². The third kappa shape index (κ3) is 4.48. The molecule has 1 fully saturated rings. The van der Waals surface area contributed by atoms with Crippen molar-refractivity contribution in [1.82, 2.24) is 4.90 Å². The molecule has 5 nitrogen and oxygen atoms in total. The van der Waals surface area contributed by atoms with Crippen molar-refractivity contribution in [3.8, 4) is 0 Å². The van der Waals surface area contributed by atoms with E-state index in [2.05, 4.69) is 4.90 Å². The summed E-state index contributed by atoms with van der Waals surface area (Å²) in [7, 11) is -1.36. The van der Waals surface area contributed by atoms with Gasteiger partial charge in [0.1, 0.15) is 0 Å². The van der Waals surface area contributed by atoms with E-state index >= 15 is 0 Å². The molecule has 2 aliphatic rings. The van der Waals surface area contributed by atoms with Crippen molar-refractivity contribution >= 4 is 7.32 Å². The number of nitrogens with zero attached hydrogens (tertiary/aromatic N) is 1. The van der Waals surface area contributed by atoms with Gasteiger partial charge in [0, 0.05) is 25.6 Å². The first-order valence-corrected chi connectivity index (χ1v) is 8.37. The molecule has 0 aromatic heterocycles. The van der Waals surface area contributed by atoms with Gasteiger partial charge in [-0.25, -0.2) is 0 Å². The summed E-state index contributed by atoms with van der Waals surface area (Å²) in [6, 6.07) is 0.716. The Morgan fingerprint density at radius 3 is 2.36 bits per heavy atom. The molecule has 0 spiro atoms. The molecular weight excluding hydrogens is 281 g/mol. The molecule has 126 valence electrons. The molecule has 0 saturated heterocycles. The molecule has 0 amide bonds. The average molecular weight is 311 g/mol. The molecule has 1 aliphatic heterocycles. The van der Waals surface area contributed by atoms with Gasteiger partial charge in [0.05, 0.1) is 17.0 Å². The van der Waals surface area contributed by atoms with Crippen molar-refractivity contribution in [2.45, 2.75) is 77.0 Å². The molecule has 1 saturated carbocycles. The summed E-state index contributed by atoms with van der Waals surface area (Å²) in [5, 5.41) is 20.0. The van der Waals surface area contributed by atoms with Gasteiger partial charge in [-0.05, 0) is 46.6 Å². The zero-order valence-corrected chi connectivity index (χ0v) is 14.3. The first-order valence-electron chi connectivity index (χ1n) is 8.37. The number of hydrogen-bond acceptors (Lipinski definition) is 5. The number of hydrogen-bond donors (Lipinski definition) is 2. The van der Waals surface area contributed by atoms with E-state index in [1.54, 1.807) is 27.7 Å². The average Bonchev–Trinajstić information content (AvgIpc) is 2.91. The summed E-state index contributed by atoms with van der Waals surface area (Å²) < 4.78 is 11.0. The van der Waals surface area contributed by atoms with Gasteiger partial charge in [0.25, 0.3) is 0 Å². The van der Waals surface area contributed by atoms with Crippen LogP contribution in [-0.4, -0.2) is 52.7 Å². The molecule has 2 N–H and O–H groups in total. The van der Waals surface area contributed by atoms with E-state index < -0.39 is 18.5 Å². The molecular formula is C16H30BNO4. The third-order valence-corrected chi connectivity index (χ3v) is 5.16. The highest BCUT2D eigenvalue weighted by Gasteiger charge is 2.41. The highest BCUT2D eigenvalue weighted by Crippen LogP contribution is 2.28. The van der Waals surface area contributed by atoms with Crippen LogP contribution in [-0.2, 0) is 9.31 Å². The number of rotatable bonds is 6.